The van der Waals surface area contributed by atoms with Crippen molar-refractivity contribution in [3.8, 4) is 17.2 Å². The minimum Gasteiger partial charge on any atom is -0.495 e. The van der Waals surface area contributed by atoms with E-state index >= 15 is 0 Å². The van der Waals surface area contributed by atoms with Gasteiger partial charge in [0.05, 0.1) is 26.5 Å². The highest BCUT2D eigenvalue weighted by atomic mass is 16.5. The Hall–Kier alpha value is -3.19. The van der Waals surface area contributed by atoms with Crippen LogP contribution in [0, 0.1) is 0 Å². The van der Waals surface area contributed by atoms with Gasteiger partial charge in [-0.25, -0.2) is 4.79 Å². The fourth-order valence-electron chi connectivity index (χ4n) is 5.14. The second-order valence-corrected chi connectivity index (χ2v) is 8.90. The largest absolute Gasteiger partial charge is 0.495 e. The Morgan fingerprint density at radius 2 is 1.68 bits per heavy atom. The molecule has 7 nitrogen and oxygen atoms in total. The number of hydrogen-bond acceptors (Lipinski definition) is 7. The molecule has 7 heteroatoms. The topological polar surface area (TPSA) is 64.4 Å². The van der Waals surface area contributed by atoms with Crippen LogP contribution in [0.3, 0.4) is 0 Å². The molecule has 0 unspecified atom stereocenters. The van der Waals surface area contributed by atoms with Crippen molar-refractivity contribution in [1.29, 1.82) is 0 Å². The quantitative estimate of drug-likeness (QED) is 0.370. The maximum Gasteiger partial charge on any atom is 0.339 e. The first kappa shape index (κ1) is 22.6. The van der Waals surface area contributed by atoms with E-state index in [0.717, 1.165) is 80.7 Å². The van der Waals surface area contributed by atoms with Gasteiger partial charge >= 0.3 is 5.63 Å². The number of piperazine rings is 1. The van der Waals surface area contributed by atoms with Crippen LogP contribution in [0.25, 0.3) is 11.0 Å². The van der Waals surface area contributed by atoms with Crippen molar-refractivity contribution in [2.24, 2.45) is 0 Å². The van der Waals surface area contributed by atoms with Gasteiger partial charge in [0.15, 0.2) is 11.5 Å². The maximum atomic E-state index is 12.3. The van der Waals surface area contributed by atoms with Crippen LogP contribution in [-0.4, -0.2) is 58.5 Å². The number of fused-ring (bicyclic) bond motifs is 3. The lowest BCUT2D eigenvalue weighted by Gasteiger charge is -2.36. The molecule has 0 atom stereocenters. The van der Waals surface area contributed by atoms with E-state index in [0.29, 0.717) is 23.7 Å². The number of hydrogen-bond donors (Lipinski definition) is 0. The van der Waals surface area contributed by atoms with Crippen LogP contribution in [-0.2, 0) is 12.8 Å². The molecule has 2 aromatic carbocycles. The lowest BCUT2D eigenvalue weighted by atomic mass is 10.1. The zero-order valence-electron chi connectivity index (χ0n) is 20.0. The monoisotopic (exact) mass is 464 g/mol. The Morgan fingerprint density at radius 1 is 0.912 bits per heavy atom. The van der Waals surface area contributed by atoms with Gasteiger partial charge in [0.1, 0.15) is 11.3 Å². The van der Waals surface area contributed by atoms with Crippen LogP contribution >= 0.6 is 0 Å². The van der Waals surface area contributed by atoms with E-state index in [1.165, 1.54) is 5.69 Å². The zero-order valence-corrected chi connectivity index (χ0v) is 20.0. The van der Waals surface area contributed by atoms with Crippen molar-refractivity contribution in [1.82, 2.24) is 4.90 Å². The second kappa shape index (κ2) is 9.97. The molecule has 1 aliphatic carbocycles. The third-order valence-corrected chi connectivity index (χ3v) is 6.93. The Balaban J connectivity index is 1.17. The second-order valence-electron chi connectivity index (χ2n) is 8.90. The molecule has 0 spiro atoms. The predicted octanol–water partition coefficient (Wildman–Crippen LogP) is 3.89. The molecule has 5 rings (SSSR count). The van der Waals surface area contributed by atoms with Gasteiger partial charge in [0.25, 0.3) is 0 Å². The van der Waals surface area contributed by atoms with Gasteiger partial charge in [-0.2, -0.15) is 0 Å². The van der Waals surface area contributed by atoms with Gasteiger partial charge in [0, 0.05) is 49.7 Å². The Morgan fingerprint density at radius 3 is 2.47 bits per heavy atom. The molecule has 3 aromatic rings. The van der Waals surface area contributed by atoms with E-state index in [4.69, 9.17) is 18.6 Å². The van der Waals surface area contributed by atoms with E-state index < -0.39 is 0 Å². The lowest BCUT2D eigenvalue weighted by molar-refractivity contribution is 0.221. The maximum absolute atomic E-state index is 12.3. The van der Waals surface area contributed by atoms with E-state index in [1.807, 2.05) is 18.2 Å². The third kappa shape index (κ3) is 4.44. The SMILES string of the molecule is COc1cc2oc(=O)c3c(c2cc1OCCCN1CCN(c2ccccc2OC)CC1)CCC3. The molecule has 0 radical (unpaired) electrons. The fourth-order valence-corrected chi connectivity index (χ4v) is 5.14. The number of aryl methyl sites for hydroxylation is 1. The molecule has 0 amide bonds. The van der Waals surface area contributed by atoms with Gasteiger partial charge < -0.3 is 23.5 Å². The zero-order chi connectivity index (χ0) is 23.5. The van der Waals surface area contributed by atoms with E-state index in [2.05, 4.69) is 21.9 Å². The van der Waals surface area contributed by atoms with Gasteiger partial charge in [-0.05, 0) is 49.4 Å². The summed E-state index contributed by atoms with van der Waals surface area (Å²) in [5.41, 5.74) is 3.44. The Kier molecular flexibility index (Phi) is 6.63. The van der Waals surface area contributed by atoms with Crippen LogP contribution < -0.4 is 24.7 Å². The highest BCUT2D eigenvalue weighted by Crippen LogP contribution is 2.36. The first-order valence-electron chi connectivity index (χ1n) is 12.1. The van der Waals surface area contributed by atoms with Gasteiger partial charge in [-0.1, -0.05) is 12.1 Å². The number of ether oxygens (including phenoxy) is 3. The highest BCUT2D eigenvalue weighted by Gasteiger charge is 2.22. The molecule has 0 bridgehead atoms. The summed E-state index contributed by atoms with van der Waals surface area (Å²) in [5.74, 6) is 2.23. The first-order chi connectivity index (χ1) is 16.7. The molecule has 2 heterocycles. The normalized spacial score (nSPS) is 16.0. The van der Waals surface area contributed by atoms with Crippen molar-refractivity contribution >= 4 is 16.7 Å². The number of methoxy groups -OCH3 is 2. The fraction of sp³-hybridized carbons (Fsp3) is 0.444. The van der Waals surface area contributed by atoms with Crippen LogP contribution in [0.2, 0.25) is 0 Å². The molecule has 1 aromatic heterocycles. The number of benzene rings is 2. The van der Waals surface area contributed by atoms with Gasteiger partial charge in [-0.3, -0.25) is 4.90 Å². The highest BCUT2D eigenvalue weighted by molar-refractivity contribution is 5.85. The minimum atomic E-state index is -0.221. The molecule has 34 heavy (non-hydrogen) atoms. The number of anilines is 1. The molecular formula is C27H32N2O5. The minimum absolute atomic E-state index is 0.221. The van der Waals surface area contributed by atoms with Crippen LogP contribution in [0.5, 0.6) is 17.2 Å². The van der Waals surface area contributed by atoms with E-state index in [1.54, 1.807) is 20.3 Å². The Labute approximate surface area is 199 Å². The summed E-state index contributed by atoms with van der Waals surface area (Å²) in [6.07, 6.45) is 3.62. The Bertz CT molecular complexity index is 1210. The summed E-state index contributed by atoms with van der Waals surface area (Å²) in [5, 5.41) is 0.968. The van der Waals surface area contributed by atoms with Crippen molar-refractivity contribution in [2.75, 3.05) is 58.5 Å². The van der Waals surface area contributed by atoms with Crippen molar-refractivity contribution in [3.63, 3.8) is 0 Å². The van der Waals surface area contributed by atoms with Gasteiger partial charge in [-0.15, -0.1) is 0 Å². The van der Waals surface area contributed by atoms with Crippen molar-refractivity contribution in [3.05, 3.63) is 57.9 Å². The third-order valence-electron chi connectivity index (χ3n) is 6.93. The molecular weight excluding hydrogens is 432 g/mol. The predicted molar refractivity (Wildman–Crippen MR) is 133 cm³/mol. The average Bonchev–Trinajstić information content (AvgIpc) is 3.38. The van der Waals surface area contributed by atoms with Gasteiger partial charge in [0.2, 0.25) is 0 Å². The summed E-state index contributed by atoms with van der Waals surface area (Å²) in [6.45, 7) is 5.59. The molecule has 1 fully saturated rings. The molecule has 0 N–H and O–H groups in total. The number of nitrogens with zero attached hydrogens (tertiary/aromatic N) is 2. The smallest absolute Gasteiger partial charge is 0.339 e. The molecule has 1 saturated heterocycles. The number of rotatable bonds is 8. The molecule has 1 aliphatic heterocycles. The summed E-state index contributed by atoms with van der Waals surface area (Å²) in [4.78, 5) is 17.1. The number of para-hydroxylation sites is 2. The summed E-state index contributed by atoms with van der Waals surface area (Å²) in [7, 11) is 3.34. The average molecular weight is 465 g/mol. The lowest BCUT2D eigenvalue weighted by Crippen LogP contribution is -2.46. The van der Waals surface area contributed by atoms with Crippen LogP contribution in [0.4, 0.5) is 5.69 Å². The van der Waals surface area contributed by atoms with Crippen LogP contribution in [0.1, 0.15) is 24.0 Å². The van der Waals surface area contributed by atoms with Crippen molar-refractivity contribution in [2.45, 2.75) is 25.7 Å². The van der Waals surface area contributed by atoms with E-state index in [9.17, 15) is 4.79 Å². The summed E-state index contributed by atoms with van der Waals surface area (Å²) >= 11 is 0. The summed E-state index contributed by atoms with van der Waals surface area (Å²) < 4.78 is 22.7. The molecule has 0 saturated carbocycles. The van der Waals surface area contributed by atoms with E-state index in [-0.39, 0.29) is 5.63 Å². The molecule has 2 aliphatic rings. The summed E-state index contributed by atoms with van der Waals surface area (Å²) in [6, 6.07) is 12.0. The van der Waals surface area contributed by atoms with Crippen molar-refractivity contribution < 1.29 is 18.6 Å². The van der Waals surface area contributed by atoms with Crippen LogP contribution in [0.15, 0.2) is 45.6 Å². The first-order valence-corrected chi connectivity index (χ1v) is 12.1. The molecule has 180 valence electrons. The standard InChI is InChI=1S/C27H32N2O5/c1-31-23-10-4-3-9-22(23)29-14-12-28(13-15-29)11-6-16-33-26-17-21-19-7-5-8-20(19)27(30)34-24(21)18-25(26)32-2/h3-4,9-10,17-18H,5-8,11-16H2,1-2H3.